The van der Waals surface area contributed by atoms with Crippen LogP contribution in [0.5, 0.6) is 0 Å². The van der Waals surface area contributed by atoms with Gasteiger partial charge in [0.1, 0.15) is 11.7 Å². The van der Waals surface area contributed by atoms with E-state index in [1.807, 2.05) is 0 Å². The summed E-state index contributed by atoms with van der Waals surface area (Å²) < 4.78 is 38.2. The number of alkyl halides is 3. The molecule has 1 aromatic carbocycles. The zero-order valence-corrected chi connectivity index (χ0v) is 13.5. The fourth-order valence-electron chi connectivity index (χ4n) is 2.97. The maximum atomic E-state index is 12.7. The first-order valence-corrected chi connectivity index (χ1v) is 8.30. The van der Waals surface area contributed by atoms with Gasteiger partial charge in [0, 0.05) is 5.38 Å². The number of nitrogens with zero attached hydrogens (tertiary/aromatic N) is 2. The van der Waals surface area contributed by atoms with Crippen molar-refractivity contribution in [3.63, 3.8) is 0 Å². The largest absolute Gasteiger partial charge is 0.480 e. The average molecular weight is 370 g/mol. The highest BCUT2D eigenvalue weighted by molar-refractivity contribution is 7.09. The molecule has 5 nitrogen and oxygen atoms in total. The Kier molecular flexibility index (Phi) is 4.51. The van der Waals surface area contributed by atoms with E-state index < -0.39 is 35.1 Å². The van der Waals surface area contributed by atoms with E-state index in [4.69, 9.17) is 0 Å². The number of aliphatic carboxylic acids is 1. The van der Waals surface area contributed by atoms with Crippen molar-refractivity contribution in [2.24, 2.45) is 0 Å². The summed E-state index contributed by atoms with van der Waals surface area (Å²) in [5.41, 5.74) is 0.359. The Labute approximate surface area is 144 Å². The maximum absolute atomic E-state index is 12.7. The Balaban J connectivity index is 1.95. The zero-order valence-electron chi connectivity index (χ0n) is 12.7. The van der Waals surface area contributed by atoms with E-state index >= 15 is 0 Å². The number of carbonyl (C=O) groups excluding carboxylic acids is 1. The third kappa shape index (κ3) is 3.37. The van der Waals surface area contributed by atoms with Gasteiger partial charge in [0.05, 0.1) is 6.04 Å². The second kappa shape index (κ2) is 6.47. The molecule has 2 aromatic rings. The third-order valence-corrected chi connectivity index (χ3v) is 4.94. The van der Waals surface area contributed by atoms with Crippen molar-refractivity contribution in [3.05, 3.63) is 52.0 Å². The lowest BCUT2D eigenvalue weighted by Crippen LogP contribution is -2.42. The van der Waals surface area contributed by atoms with Gasteiger partial charge in [-0.15, -0.1) is 11.3 Å². The van der Waals surface area contributed by atoms with E-state index in [-0.39, 0.29) is 12.1 Å². The first kappa shape index (κ1) is 17.4. The maximum Gasteiger partial charge on any atom is 0.443 e. The molecule has 1 saturated heterocycles. The van der Waals surface area contributed by atoms with Crippen molar-refractivity contribution in [1.29, 1.82) is 0 Å². The Morgan fingerprint density at radius 1 is 1.20 bits per heavy atom. The molecular weight excluding hydrogens is 357 g/mol. The zero-order chi connectivity index (χ0) is 18.2. The lowest BCUT2D eigenvalue weighted by atomic mass is 10.0. The molecule has 1 fully saturated rings. The van der Waals surface area contributed by atoms with Crippen molar-refractivity contribution in [3.8, 4) is 0 Å². The van der Waals surface area contributed by atoms with Gasteiger partial charge in [-0.2, -0.15) is 13.2 Å². The van der Waals surface area contributed by atoms with E-state index in [2.05, 4.69) is 4.98 Å². The third-order valence-electron chi connectivity index (χ3n) is 4.05. The van der Waals surface area contributed by atoms with Gasteiger partial charge in [0.2, 0.25) is 0 Å². The standard InChI is InChI=1S/C16H13F3N2O3S/c17-16(18,19)15-20-10(8-25-15)13(22)21-11(6-7-12(21)14(23)24)9-4-2-1-3-5-9/h1-5,8,11-12H,6-7H2,(H,23,24)/t11-,12?/m0/s1. The molecule has 0 radical (unpaired) electrons. The molecule has 1 amide bonds. The summed E-state index contributed by atoms with van der Waals surface area (Å²) in [7, 11) is 0. The number of amides is 1. The molecule has 1 unspecified atom stereocenters. The van der Waals surface area contributed by atoms with E-state index in [1.54, 1.807) is 30.3 Å². The molecule has 1 aliphatic heterocycles. The van der Waals surface area contributed by atoms with Crippen LogP contribution >= 0.6 is 11.3 Å². The molecule has 1 aliphatic rings. The number of hydrogen-bond donors (Lipinski definition) is 1. The van der Waals surface area contributed by atoms with Gasteiger partial charge in [0.15, 0.2) is 5.01 Å². The number of carbonyl (C=O) groups is 2. The molecule has 2 heterocycles. The minimum atomic E-state index is -4.64. The summed E-state index contributed by atoms with van der Waals surface area (Å²) in [4.78, 5) is 28.7. The lowest BCUT2D eigenvalue weighted by Gasteiger charge is -2.28. The van der Waals surface area contributed by atoms with Crippen LogP contribution in [0.1, 0.15) is 39.9 Å². The van der Waals surface area contributed by atoms with Crippen LogP contribution in [0, 0.1) is 0 Å². The van der Waals surface area contributed by atoms with Crippen molar-refractivity contribution in [2.45, 2.75) is 31.1 Å². The van der Waals surface area contributed by atoms with Gasteiger partial charge in [-0.25, -0.2) is 9.78 Å². The summed E-state index contributed by atoms with van der Waals surface area (Å²) in [6.07, 6.45) is -3.99. The molecule has 1 aromatic heterocycles. The second-order valence-electron chi connectivity index (χ2n) is 5.61. The van der Waals surface area contributed by atoms with Gasteiger partial charge >= 0.3 is 12.1 Å². The molecule has 9 heteroatoms. The fraction of sp³-hybridized carbons (Fsp3) is 0.312. The normalized spacial score (nSPS) is 20.7. The SMILES string of the molecule is O=C(O)C1CC[C@@H](c2ccccc2)N1C(=O)c1csc(C(F)(F)F)n1. The number of likely N-dealkylation sites (tertiary alicyclic amines) is 1. The quantitative estimate of drug-likeness (QED) is 0.896. The molecular formula is C16H13F3N2O3S. The highest BCUT2D eigenvalue weighted by Gasteiger charge is 2.43. The number of thiazole rings is 1. The smallest absolute Gasteiger partial charge is 0.443 e. The van der Waals surface area contributed by atoms with Crippen molar-refractivity contribution >= 4 is 23.2 Å². The van der Waals surface area contributed by atoms with Crippen LogP contribution in [0.2, 0.25) is 0 Å². The topological polar surface area (TPSA) is 70.5 Å². The van der Waals surface area contributed by atoms with E-state index in [0.717, 1.165) is 15.8 Å². The number of carboxylic acids is 1. The van der Waals surface area contributed by atoms with Crippen molar-refractivity contribution in [1.82, 2.24) is 9.88 Å². The van der Waals surface area contributed by atoms with Gasteiger partial charge in [-0.05, 0) is 18.4 Å². The fourth-order valence-corrected chi connectivity index (χ4v) is 3.64. The molecule has 0 aliphatic carbocycles. The minimum Gasteiger partial charge on any atom is -0.480 e. The predicted octanol–water partition coefficient (Wildman–Crippen LogP) is 3.59. The van der Waals surface area contributed by atoms with Gasteiger partial charge in [-0.1, -0.05) is 30.3 Å². The Morgan fingerprint density at radius 2 is 1.88 bits per heavy atom. The summed E-state index contributed by atoms with van der Waals surface area (Å²) in [6.45, 7) is 0. The van der Waals surface area contributed by atoms with E-state index in [9.17, 15) is 27.9 Å². The van der Waals surface area contributed by atoms with Crippen molar-refractivity contribution in [2.75, 3.05) is 0 Å². The number of benzene rings is 1. The molecule has 0 spiro atoms. The molecule has 0 bridgehead atoms. The van der Waals surface area contributed by atoms with Crippen LogP contribution in [0.3, 0.4) is 0 Å². The highest BCUT2D eigenvalue weighted by Crippen LogP contribution is 2.38. The molecule has 1 N–H and O–H groups in total. The second-order valence-corrected chi connectivity index (χ2v) is 6.46. The van der Waals surface area contributed by atoms with Gasteiger partial charge in [-0.3, -0.25) is 4.79 Å². The Hall–Kier alpha value is -2.42. The van der Waals surface area contributed by atoms with E-state index in [0.29, 0.717) is 17.8 Å². The number of halogens is 3. The van der Waals surface area contributed by atoms with Crippen molar-refractivity contribution < 1.29 is 27.9 Å². The molecule has 132 valence electrons. The summed E-state index contributed by atoms with van der Waals surface area (Å²) in [6, 6.07) is 7.23. The lowest BCUT2D eigenvalue weighted by molar-refractivity contribution is -0.142. The van der Waals surface area contributed by atoms with Crippen LogP contribution in [-0.2, 0) is 11.0 Å². The molecule has 0 saturated carbocycles. The van der Waals surface area contributed by atoms with Gasteiger partial charge in [0.25, 0.3) is 5.91 Å². The van der Waals surface area contributed by atoms with E-state index in [1.165, 1.54) is 0 Å². The molecule has 25 heavy (non-hydrogen) atoms. The predicted molar refractivity (Wildman–Crippen MR) is 83.1 cm³/mol. The van der Waals surface area contributed by atoms with Crippen LogP contribution in [-0.4, -0.2) is 32.9 Å². The monoisotopic (exact) mass is 370 g/mol. The van der Waals surface area contributed by atoms with Crippen LogP contribution < -0.4 is 0 Å². The average Bonchev–Trinajstić information content (AvgIpc) is 3.22. The Bertz CT molecular complexity index is 791. The summed E-state index contributed by atoms with van der Waals surface area (Å²) in [5.74, 6) is -1.98. The van der Waals surface area contributed by atoms with Crippen LogP contribution in [0.4, 0.5) is 13.2 Å². The number of carboxylic acid groups (broad SMARTS) is 1. The van der Waals surface area contributed by atoms with Gasteiger partial charge < -0.3 is 10.0 Å². The molecule has 2 atom stereocenters. The first-order valence-electron chi connectivity index (χ1n) is 7.42. The first-order chi connectivity index (χ1) is 11.8. The summed E-state index contributed by atoms with van der Waals surface area (Å²) >= 11 is 0.319. The highest BCUT2D eigenvalue weighted by atomic mass is 32.1. The van der Waals surface area contributed by atoms with Crippen LogP contribution in [0.25, 0.3) is 0 Å². The van der Waals surface area contributed by atoms with Crippen LogP contribution in [0.15, 0.2) is 35.7 Å². The number of aromatic nitrogens is 1. The Morgan fingerprint density at radius 3 is 2.44 bits per heavy atom. The molecule has 3 rings (SSSR count). The minimum absolute atomic E-state index is 0.233. The number of rotatable bonds is 3. The number of hydrogen-bond acceptors (Lipinski definition) is 4. The summed E-state index contributed by atoms with van der Waals surface area (Å²) in [5, 5.41) is 9.28.